The summed E-state index contributed by atoms with van der Waals surface area (Å²) < 4.78 is 12.1. The van der Waals surface area contributed by atoms with Crippen LogP contribution in [0.4, 0.5) is 5.69 Å². The van der Waals surface area contributed by atoms with Crippen LogP contribution in [0.25, 0.3) is 0 Å². The monoisotopic (exact) mass is 481 g/mol. The third-order valence-electron chi connectivity index (χ3n) is 6.79. The minimum atomic E-state index is -0.138. The molecule has 2 heterocycles. The van der Waals surface area contributed by atoms with Crippen molar-refractivity contribution in [1.29, 1.82) is 0 Å². The van der Waals surface area contributed by atoms with E-state index in [2.05, 4.69) is 34.0 Å². The third kappa shape index (κ3) is 6.35. The molecule has 35 heavy (non-hydrogen) atoms. The first kappa shape index (κ1) is 25.1. The van der Waals surface area contributed by atoms with E-state index in [0.717, 1.165) is 24.9 Å². The lowest BCUT2D eigenvalue weighted by Gasteiger charge is -2.36. The van der Waals surface area contributed by atoms with Crippen molar-refractivity contribution < 1.29 is 19.1 Å². The lowest BCUT2D eigenvalue weighted by atomic mass is 10.0. The number of hydrogen-bond donors (Lipinski definition) is 1. The van der Waals surface area contributed by atoms with Crippen molar-refractivity contribution in [2.24, 2.45) is 11.8 Å². The minimum absolute atomic E-state index is 0.0168. The molecule has 1 saturated carbocycles. The first-order chi connectivity index (χ1) is 16.9. The van der Waals surface area contributed by atoms with Crippen molar-refractivity contribution in [3.63, 3.8) is 0 Å². The average molecular weight is 482 g/mol. The number of methoxy groups -OCH3 is 1. The molecule has 3 atom stereocenters. The number of hydrogen-bond acceptors (Lipinski definition) is 7. The number of ether oxygens (including phenoxy) is 2. The third-order valence-corrected chi connectivity index (χ3v) is 6.79. The van der Waals surface area contributed by atoms with Gasteiger partial charge in [-0.15, -0.1) is 0 Å². The molecule has 0 spiro atoms. The summed E-state index contributed by atoms with van der Waals surface area (Å²) >= 11 is 0. The van der Waals surface area contributed by atoms with Crippen molar-refractivity contribution in [3.05, 3.63) is 48.0 Å². The molecule has 1 aromatic carbocycles. The average Bonchev–Trinajstić information content (AvgIpc) is 3.71. The number of fused-ring (bicyclic) bond motifs is 1. The van der Waals surface area contributed by atoms with E-state index in [0.29, 0.717) is 36.7 Å². The molecule has 2 aliphatic rings. The molecular formula is C26H35N5O4. The van der Waals surface area contributed by atoms with Gasteiger partial charge in [-0.3, -0.25) is 14.5 Å². The molecule has 1 N–H and O–H groups in total. The number of carbonyl (C=O) groups excluding carboxylic acids is 2. The fraction of sp³-hybridized carbons (Fsp3) is 0.538. The summed E-state index contributed by atoms with van der Waals surface area (Å²) in [7, 11) is 3.47. The van der Waals surface area contributed by atoms with E-state index in [4.69, 9.17) is 9.47 Å². The van der Waals surface area contributed by atoms with Crippen LogP contribution in [-0.2, 0) is 16.1 Å². The van der Waals surface area contributed by atoms with Gasteiger partial charge in [-0.1, -0.05) is 6.92 Å². The second kappa shape index (κ2) is 11.1. The van der Waals surface area contributed by atoms with Crippen LogP contribution in [0.3, 0.4) is 0 Å². The number of amides is 2. The Morgan fingerprint density at radius 3 is 2.63 bits per heavy atom. The Morgan fingerprint density at radius 2 is 1.94 bits per heavy atom. The highest BCUT2D eigenvalue weighted by Gasteiger charge is 2.31. The van der Waals surface area contributed by atoms with Crippen LogP contribution in [0.5, 0.6) is 5.75 Å². The SMILES string of the molecule is CO[C@H]1CN(C)C(=O)c2ccc(NC(=O)C3CC3)cc2OC[C@@H](C)N(Cc2cncnc2)C[C@H]1C. The molecule has 1 aromatic heterocycles. The molecule has 1 aliphatic heterocycles. The summed E-state index contributed by atoms with van der Waals surface area (Å²) in [4.78, 5) is 37.9. The molecule has 1 fully saturated rings. The Labute approximate surface area is 206 Å². The maximum atomic E-state index is 13.3. The normalized spacial score (nSPS) is 24.1. The van der Waals surface area contributed by atoms with Gasteiger partial charge >= 0.3 is 0 Å². The van der Waals surface area contributed by atoms with Crippen LogP contribution in [0.15, 0.2) is 36.9 Å². The molecular weight excluding hydrogens is 446 g/mol. The zero-order valence-corrected chi connectivity index (χ0v) is 20.9. The maximum Gasteiger partial charge on any atom is 0.257 e. The Hall–Kier alpha value is -3.04. The van der Waals surface area contributed by atoms with Crippen LogP contribution in [0, 0.1) is 11.8 Å². The van der Waals surface area contributed by atoms with Crippen molar-refractivity contribution in [2.45, 2.75) is 45.4 Å². The number of aromatic nitrogens is 2. The molecule has 9 nitrogen and oxygen atoms in total. The molecule has 2 amide bonds. The van der Waals surface area contributed by atoms with Gasteiger partial charge < -0.3 is 19.7 Å². The number of rotatable bonds is 5. The first-order valence-corrected chi connectivity index (χ1v) is 12.2. The van der Waals surface area contributed by atoms with Gasteiger partial charge in [-0.05, 0) is 37.8 Å². The zero-order chi connectivity index (χ0) is 24.9. The Kier molecular flexibility index (Phi) is 7.97. The molecule has 0 saturated heterocycles. The van der Waals surface area contributed by atoms with Crippen LogP contribution >= 0.6 is 0 Å². The van der Waals surface area contributed by atoms with Gasteiger partial charge in [0.2, 0.25) is 5.91 Å². The van der Waals surface area contributed by atoms with E-state index in [1.54, 1.807) is 37.3 Å². The van der Waals surface area contributed by atoms with Crippen LogP contribution in [0.2, 0.25) is 0 Å². The highest BCUT2D eigenvalue weighted by molar-refractivity contribution is 5.99. The van der Waals surface area contributed by atoms with E-state index in [1.165, 1.54) is 6.33 Å². The minimum Gasteiger partial charge on any atom is -0.491 e. The number of nitrogens with zero attached hydrogens (tertiary/aromatic N) is 4. The van der Waals surface area contributed by atoms with Crippen LogP contribution in [0.1, 0.15) is 42.6 Å². The predicted molar refractivity (Wildman–Crippen MR) is 132 cm³/mol. The lowest BCUT2D eigenvalue weighted by molar-refractivity contribution is -0.117. The summed E-state index contributed by atoms with van der Waals surface area (Å²) in [6.45, 7) is 6.50. The van der Waals surface area contributed by atoms with E-state index in [-0.39, 0.29) is 35.8 Å². The number of anilines is 1. The van der Waals surface area contributed by atoms with Gasteiger partial charge in [0.25, 0.3) is 5.91 Å². The molecule has 0 bridgehead atoms. The summed E-state index contributed by atoms with van der Waals surface area (Å²) in [6, 6.07) is 5.30. The van der Waals surface area contributed by atoms with Crippen molar-refractivity contribution in [1.82, 2.24) is 19.8 Å². The maximum absolute atomic E-state index is 13.3. The lowest BCUT2D eigenvalue weighted by Crippen LogP contribution is -2.46. The number of benzene rings is 1. The predicted octanol–water partition coefficient (Wildman–Crippen LogP) is 2.83. The number of nitrogens with one attached hydrogen (secondary N) is 1. The molecule has 2 aromatic rings. The van der Waals surface area contributed by atoms with Gasteiger partial charge in [-0.25, -0.2) is 9.97 Å². The molecule has 4 rings (SSSR count). The second-order valence-electron chi connectivity index (χ2n) is 9.75. The summed E-state index contributed by atoms with van der Waals surface area (Å²) in [5.74, 6) is 0.603. The van der Waals surface area contributed by atoms with Gasteiger partial charge in [-0.2, -0.15) is 0 Å². The topological polar surface area (TPSA) is 96.9 Å². The largest absolute Gasteiger partial charge is 0.491 e. The van der Waals surface area contributed by atoms with Gasteiger partial charge in [0.1, 0.15) is 18.7 Å². The van der Waals surface area contributed by atoms with E-state index >= 15 is 0 Å². The number of likely N-dealkylation sites (N-methyl/N-ethyl adjacent to an activating group) is 1. The van der Waals surface area contributed by atoms with Gasteiger partial charge in [0.05, 0.1) is 11.7 Å². The van der Waals surface area contributed by atoms with Gasteiger partial charge in [0.15, 0.2) is 0 Å². The Morgan fingerprint density at radius 1 is 1.20 bits per heavy atom. The standard InChI is InChI=1S/C26H35N5O4/c1-17-12-31(13-19-10-27-16-28-11-19)18(2)15-35-23-9-21(29-25(32)20-5-6-20)7-8-22(23)26(33)30(3)14-24(17)34-4/h7-11,16-18,20,24H,5-6,12-15H2,1-4H3,(H,29,32)/t17-,18-,24+/m1/s1. The second-order valence-corrected chi connectivity index (χ2v) is 9.75. The smallest absolute Gasteiger partial charge is 0.257 e. The number of carbonyl (C=O) groups is 2. The fourth-order valence-electron chi connectivity index (χ4n) is 4.38. The van der Waals surface area contributed by atoms with Gasteiger partial charge in [0, 0.05) is 75.5 Å². The fourth-order valence-corrected chi connectivity index (χ4v) is 4.38. The van der Waals surface area contributed by atoms with Crippen molar-refractivity contribution in [3.8, 4) is 5.75 Å². The molecule has 9 heteroatoms. The van der Waals surface area contributed by atoms with Crippen molar-refractivity contribution >= 4 is 17.5 Å². The molecule has 188 valence electrons. The van der Waals surface area contributed by atoms with Crippen LogP contribution < -0.4 is 10.1 Å². The Bertz CT molecular complexity index is 1030. The van der Waals surface area contributed by atoms with Crippen molar-refractivity contribution in [2.75, 3.05) is 39.2 Å². The van der Waals surface area contributed by atoms with E-state index < -0.39 is 0 Å². The zero-order valence-electron chi connectivity index (χ0n) is 20.9. The van der Waals surface area contributed by atoms with E-state index in [1.807, 2.05) is 12.4 Å². The molecule has 1 aliphatic carbocycles. The quantitative estimate of drug-likeness (QED) is 0.701. The molecule has 0 unspecified atom stereocenters. The molecule has 0 radical (unpaired) electrons. The summed E-state index contributed by atoms with van der Waals surface area (Å²) in [6.07, 6.45) is 6.90. The van der Waals surface area contributed by atoms with E-state index in [9.17, 15) is 9.59 Å². The summed E-state index contributed by atoms with van der Waals surface area (Å²) in [5, 5.41) is 2.95. The first-order valence-electron chi connectivity index (χ1n) is 12.2. The highest BCUT2D eigenvalue weighted by atomic mass is 16.5. The van der Waals surface area contributed by atoms with Crippen LogP contribution in [-0.4, -0.2) is 77.6 Å². The summed E-state index contributed by atoms with van der Waals surface area (Å²) in [5.41, 5.74) is 2.12. The highest BCUT2D eigenvalue weighted by Crippen LogP contribution is 2.32. The Balaban J connectivity index is 1.62.